The molecule has 1 rings (SSSR count). The predicted octanol–water partition coefficient (Wildman–Crippen LogP) is -0.848. The fourth-order valence-corrected chi connectivity index (χ4v) is 1.46. The van der Waals surface area contributed by atoms with Crippen LogP contribution in [0.2, 0.25) is 0 Å². The lowest BCUT2D eigenvalue weighted by Gasteiger charge is -2.28. The maximum atomic E-state index is 5.66. The van der Waals surface area contributed by atoms with Gasteiger partial charge in [0.05, 0.1) is 0 Å². The summed E-state index contributed by atoms with van der Waals surface area (Å²) in [6, 6.07) is 0.719. The SMILES string of the molecule is NC1CC(N)CC(N)C1. The van der Waals surface area contributed by atoms with E-state index in [1.54, 1.807) is 0 Å². The molecule has 0 heterocycles. The van der Waals surface area contributed by atoms with E-state index >= 15 is 0 Å². The van der Waals surface area contributed by atoms with Gasteiger partial charge in [0.2, 0.25) is 0 Å². The zero-order chi connectivity index (χ0) is 6.85. The summed E-state index contributed by atoms with van der Waals surface area (Å²) in [5.41, 5.74) is 17.0. The fourth-order valence-electron chi connectivity index (χ4n) is 1.46. The lowest BCUT2D eigenvalue weighted by molar-refractivity contribution is 0.352. The second-order valence-electron chi connectivity index (χ2n) is 2.99. The van der Waals surface area contributed by atoms with E-state index < -0.39 is 0 Å². The van der Waals surface area contributed by atoms with Crippen molar-refractivity contribution in [3.63, 3.8) is 0 Å². The molecule has 0 atom stereocenters. The molecule has 0 unspecified atom stereocenters. The molecule has 3 heteroatoms. The molecule has 1 aliphatic carbocycles. The maximum absolute atomic E-state index is 5.66. The van der Waals surface area contributed by atoms with Gasteiger partial charge in [-0.2, -0.15) is 0 Å². The third-order valence-corrected chi connectivity index (χ3v) is 1.82. The average Bonchev–Trinajstić information content (AvgIpc) is 1.59. The van der Waals surface area contributed by atoms with Gasteiger partial charge < -0.3 is 17.2 Å². The van der Waals surface area contributed by atoms with Crippen LogP contribution < -0.4 is 17.2 Å². The van der Waals surface area contributed by atoms with E-state index in [-0.39, 0.29) is 18.1 Å². The molecule has 0 bridgehead atoms. The smallest absolute Gasteiger partial charge is 0.00683 e. The Hall–Kier alpha value is -0.120. The van der Waals surface area contributed by atoms with Crippen LogP contribution in [0.3, 0.4) is 0 Å². The van der Waals surface area contributed by atoms with Gasteiger partial charge in [0.1, 0.15) is 0 Å². The molecule has 0 aromatic rings. The molecule has 0 saturated heterocycles. The minimum Gasteiger partial charge on any atom is -0.328 e. The largest absolute Gasteiger partial charge is 0.328 e. The van der Waals surface area contributed by atoms with Crippen molar-refractivity contribution < 1.29 is 0 Å². The molecular weight excluding hydrogens is 114 g/mol. The molecule has 1 fully saturated rings. The van der Waals surface area contributed by atoms with E-state index in [0.717, 1.165) is 19.3 Å². The molecule has 0 aromatic heterocycles. The minimum absolute atomic E-state index is 0.240. The van der Waals surface area contributed by atoms with Crippen molar-refractivity contribution in [1.29, 1.82) is 0 Å². The van der Waals surface area contributed by atoms with Crippen LogP contribution in [0.25, 0.3) is 0 Å². The molecule has 0 radical (unpaired) electrons. The van der Waals surface area contributed by atoms with Gasteiger partial charge in [-0.15, -0.1) is 0 Å². The van der Waals surface area contributed by atoms with Crippen LogP contribution in [-0.4, -0.2) is 18.1 Å². The maximum Gasteiger partial charge on any atom is 0.00683 e. The van der Waals surface area contributed by atoms with Gasteiger partial charge in [-0.05, 0) is 19.3 Å². The van der Waals surface area contributed by atoms with Crippen molar-refractivity contribution in [2.24, 2.45) is 17.2 Å². The number of hydrogen-bond acceptors (Lipinski definition) is 3. The first kappa shape index (κ1) is 6.99. The monoisotopic (exact) mass is 129 g/mol. The van der Waals surface area contributed by atoms with E-state index in [1.165, 1.54) is 0 Å². The molecule has 0 aliphatic heterocycles. The summed E-state index contributed by atoms with van der Waals surface area (Å²) < 4.78 is 0. The number of nitrogens with two attached hydrogens (primary N) is 3. The Kier molecular flexibility index (Phi) is 2.05. The Bertz CT molecular complexity index is 69.3. The zero-order valence-corrected chi connectivity index (χ0v) is 5.59. The summed E-state index contributed by atoms with van der Waals surface area (Å²) in [6.07, 6.45) is 2.81. The summed E-state index contributed by atoms with van der Waals surface area (Å²) in [6.45, 7) is 0. The van der Waals surface area contributed by atoms with Gasteiger partial charge in [-0.3, -0.25) is 0 Å². The highest BCUT2D eigenvalue weighted by molar-refractivity contribution is 4.84. The molecule has 0 aromatic carbocycles. The van der Waals surface area contributed by atoms with Crippen molar-refractivity contribution in [1.82, 2.24) is 0 Å². The lowest BCUT2D eigenvalue weighted by atomic mass is 9.89. The van der Waals surface area contributed by atoms with Crippen molar-refractivity contribution in [2.45, 2.75) is 37.4 Å². The van der Waals surface area contributed by atoms with Crippen LogP contribution in [0.5, 0.6) is 0 Å². The van der Waals surface area contributed by atoms with E-state index in [9.17, 15) is 0 Å². The van der Waals surface area contributed by atoms with Crippen LogP contribution in [0, 0.1) is 0 Å². The normalized spacial score (nSPS) is 45.0. The van der Waals surface area contributed by atoms with Gasteiger partial charge in [-0.25, -0.2) is 0 Å². The summed E-state index contributed by atoms with van der Waals surface area (Å²) in [7, 11) is 0. The van der Waals surface area contributed by atoms with Crippen LogP contribution in [-0.2, 0) is 0 Å². The Morgan fingerprint density at radius 1 is 0.667 bits per heavy atom. The van der Waals surface area contributed by atoms with Gasteiger partial charge in [0, 0.05) is 18.1 Å². The van der Waals surface area contributed by atoms with Gasteiger partial charge >= 0.3 is 0 Å². The molecule has 54 valence electrons. The molecule has 1 aliphatic rings. The summed E-state index contributed by atoms with van der Waals surface area (Å²) in [5.74, 6) is 0. The molecule has 3 nitrogen and oxygen atoms in total. The fraction of sp³-hybridized carbons (Fsp3) is 1.00. The zero-order valence-electron chi connectivity index (χ0n) is 5.59. The van der Waals surface area contributed by atoms with E-state index in [4.69, 9.17) is 17.2 Å². The molecular formula is C6H15N3. The van der Waals surface area contributed by atoms with Crippen molar-refractivity contribution >= 4 is 0 Å². The topological polar surface area (TPSA) is 78.1 Å². The lowest BCUT2D eigenvalue weighted by Crippen LogP contribution is -2.45. The van der Waals surface area contributed by atoms with E-state index in [2.05, 4.69) is 0 Å². The molecule has 1 saturated carbocycles. The van der Waals surface area contributed by atoms with Crippen molar-refractivity contribution in [3.05, 3.63) is 0 Å². The highest BCUT2D eigenvalue weighted by Gasteiger charge is 2.21. The average molecular weight is 129 g/mol. The summed E-state index contributed by atoms with van der Waals surface area (Å²) in [5, 5.41) is 0. The second kappa shape index (κ2) is 2.64. The Morgan fingerprint density at radius 3 is 1.11 bits per heavy atom. The first-order valence-corrected chi connectivity index (χ1v) is 3.45. The van der Waals surface area contributed by atoms with Crippen molar-refractivity contribution in [2.75, 3.05) is 0 Å². The Balaban J connectivity index is 2.34. The molecule has 9 heavy (non-hydrogen) atoms. The number of hydrogen-bond donors (Lipinski definition) is 3. The standard InChI is InChI=1S/C6H15N3/c7-4-1-5(8)3-6(9)2-4/h4-6H,1-3,7-9H2. The highest BCUT2D eigenvalue weighted by atomic mass is 14.8. The van der Waals surface area contributed by atoms with Gasteiger partial charge in [0.15, 0.2) is 0 Å². The quantitative estimate of drug-likeness (QED) is 0.399. The van der Waals surface area contributed by atoms with Crippen molar-refractivity contribution in [3.8, 4) is 0 Å². The highest BCUT2D eigenvalue weighted by Crippen LogP contribution is 2.13. The predicted molar refractivity (Wildman–Crippen MR) is 37.8 cm³/mol. The Labute approximate surface area is 55.6 Å². The summed E-state index contributed by atoms with van der Waals surface area (Å²) in [4.78, 5) is 0. The second-order valence-corrected chi connectivity index (χ2v) is 2.99. The molecule has 0 amide bonds. The third-order valence-electron chi connectivity index (χ3n) is 1.82. The first-order chi connectivity index (χ1) is 4.18. The van der Waals surface area contributed by atoms with Crippen LogP contribution in [0.4, 0.5) is 0 Å². The van der Waals surface area contributed by atoms with E-state index in [0.29, 0.717) is 0 Å². The van der Waals surface area contributed by atoms with Gasteiger partial charge in [-0.1, -0.05) is 0 Å². The first-order valence-electron chi connectivity index (χ1n) is 3.45. The molecule has 6 N–H and O–H groups in total. The Morgan fingerprint density at radius 2 is 0.889 bits per heavy atom. The number of rotatable bonds is 0. The van der Waals surface area contributed by atoms with Crippen LogP contribution in [0.1, 0.15) is 19.3 Å². The minimum atomic E-state index is 0.240. The summed E-state index contributed by atoms with van der Waals surface area (Å²) >= 11 is 0. The van der Waals surface area contributed by atoms with Crippen LogP contribution >= 0.6 is 0 Å². The van der Waals surface area contributed by atoms with Crippen LogP contribution in [0.15, 0.2) is 0 Å². The van der Waals surface area contributed by atoms with Gasteiger partial charge in [0.25, 0.3) is 0 Å². The van der Waals surface area contributed by atoms with E-state index in [1.807, 2.05) is 0 Å². The third kappa shape index (κ3) is 1.93. The molecule has 0 spiro atoms.